The van der Waals surface area contributed by atoms with Crippen molar-refractivity contribution in [3.05, 3.63) is 131 Å². The van der Waals surface area contributed by atoms with Crippen LogP contribution in [0.2, 0.25) is 5.02 Å². The molecule has 0 amide bonds. The van der Waals surface area contributed by atoms with Gasteiger partial charge < -0.3 is 4.74 Å². The van der Waals surface area contributed by atoms with E-state index in [1.54, 1.807) is 24.3 Å². The molecule has 0 fully saturated rings. The SMILES string of the molecule is O=C(C=Cc1ccc[cH-]1)c1cc(Cl)ccc1OCc1ccccc1.[Fe+2].c1cc[cH-]c1. The molecule has 30 heavy (non-hydrogen) atoms. The zero-order valence-electron chi connectivity index (χ0n) is 16.2. The van der Waals surface area contributed by atoms with Gasteiger partial charge in [0.25, 0.3) is 0 Å². The quantitative estimate of drug-likeness (QED) is 0.136. The Bertz CT molecular complexity index is 1000. The number of ketones is 1. The van der Waals surface area contributed by atoms with Crippen molar-refractivity contribution < 1.29 is 26.6 Å². The van der Waals surface area contributed by atoms with Crippen LogP contribution in [0.5, 0.6) is 5.75 Å². The number of hydrogen-bond donors (Lipinski definition) is 0. The van der Waals surface area contributed by atoms with Crippen LogP contribution < -0.4 is 4.74 Å². The maximum Gasteiger partial charge on any atom is 2.00 e. The third-order valence-electron chi connectivity index (χ3n) is 4.12. The fourth-order valence-corrected chi connectivity index (χ4v) is 2.81. The number of rotatable bonds is 6. The molecule has 0 unspecified atom stereocenters. The summed E-state index contributed by atoms with van der Waals surface area (Å²) < 4.78 is 5.82. The normalized spacial score (nSPS) is 10.0. The Kier molecular flexibility index (Phi) is 9.89. The average Bonchev–Trinajstić information content (AvgIpc) is 3.48. The van der Waals surface area contributed by atoms with Crippen molar-refractivity contribution in [2.45, 2.75) is 6.61 Å². The van der Waals surface area contributed by atoms with E-state index in [1.165, 1.54) is 6.08 Å². The molecule has 0 atom stereocenters. The summed E-state index contributed by atoms with van der Waals surface area (Å²) in [5.41, 5.74) is 2.48. The molecule has 0 heterocycles. The van der Waals surface area contributed by atoms with Crippen LogP contribution in [0.15, 0.2) is 109 Å². The molecule has 4 aromatic carbocycles. The summed E-state index contributed by atoms with van der Waals surface area (Å²) in [6, 6.07) is 32.6. The van der Waals surface area contributed by atoms with Crippen molar-refractivity contribution in [1.29, 1.82) is 0 Å². The minimum Gasteiger partial charge on any atom is -0.488 e. The molecule has 0 saturated heterocycles. The van der Waals surface area contributed by atoms with Gasteiger partial charge in [-0.25, -0.2) is 12.1 Å². The molecule has 0 radical (unpaired) electrons. The Morgan fingerprint density at radius 3 is 2.33 bits per heavy atom. The standard InChI is InChI=1S/C21H16ClO2.C5H5.Fe/c22-18-11-13-21(24-15-17-8-2-1-3-9-17)19(14-18)20(23)12-10-16-6-4-5-7-16;1-2-4-5-3-1;/h1-14H,15H2;1-5H;/q2*-1;+2. The van der Waals surface area contributed by atoms with Gasteiger partial charge in [0.1, 0.15) is 12.4 Å². The van der Waals surface area contributed by atoms with Crippen molar-refractivity contribution in [1.82, 2.24) is 0 Å². The first-order valence-electron chi connectivity index (χ1n) is 9.29. The van der Waals surface area contributed by atoms with Gasteiger partial charge in [0, 0.05) is 5.02 Å². The smallest absolute Gasteiger partial charge is 0.488 e. The number of benzene rings is 2. The molecule has 152 valence electrons. The number of allylic oxidation sites excluding steroid dienone is 1. The van der Waals surface area contributed by atoms with Crippen LogP contribution in [0.3, 0.4) is 0 Å². The van der Waals surface area contributed by atoms with Gasteiger partial charge in [0.15, 0.2) is 5.78 Å². The van der Waals surface area contributed by atoms with Gasteiger partial charge >= 0.3 is 17.1 Å². The average molecular weight is 457 g/mol. The topological polar surface area (TPSA) is 26.3 Å². The number of hydrogen-bond acceptors (Lipinski definition) is 2. The number of halogens is 1. The van der Waals surface area contributed by atoms with Gasteiger partial charge in [-0.1, -0.05) is 48.0 Å². The Morgan fingerprint density at radius 1 is 0.933 bits per heavy atom. The van der Waals surface area contributed by atoms with E-state index >= 15 is 0 Å². The van der Waals surface area contributed by atoms with Crippen LogP contribution in [-0.4, -0.2) is 5.78 Å². The second-order valence-corrected chi connectivity index (χ2v) is 6.73. The summed E-state index contributed by atoms with van der Waals surface area (Å²) in [5.74, 6) is 0.391. The molecule has 0 N–H and O–H groups in total. The van der Waals surface area contributed by atoms with Crippen LogP contribution in [-0.2, 0) is 23.7 Å². The Labute approximate surface area is 193 Å². The predicted octanol–water partition coefficient (Wildman–Crippen LogP) is 6.94. The Hall–Kier alpha value is -2.84. The summed E-state index contributed by atoms with van der Waals surface area (Å²) >= 11 is 6.05. The first kappa shape index (κ1) is 23.4. The molecule has 0 saturated carbocycles. The number of carbonyl (C=O) groups excluding carboxylic acids is 1. The van der Waals surface area contributed by atoms with Crippen molar-refractivity contribution in [3.8, 4) is 5.75 Å². The Morgan fingerprint density at radius 2 is 1.70 bits per heavy atom. The molecule has 4 rings (SSSR count). The molecule has 0 aliphatic heterocycles. The van der Waals surface area contributed by atoms with E-state index in [0.717, 1.165) is 11.1 Å². The van der Waals surface area contributed by atoms with Gasteiger partial charge in [0.05, 0.1) is 5.56 Å². The third kappa shape index (κ3) is 7.53. The fourth-order valence-electron chi connectivity index (χ4n) is 2.64. The van der Waals surface area contributed by atoms with Crippen molar-refractivity contribution in [3.63, 3.8) is 0 Å². The second kappa shape index (κ2) is 12.7. The summed E-state index contributed by atoms with van der Waals surface area (Å²) in [6.07, 6.45) is 3.32. The van der Waals surface area contributed by atoms with E-state index in [4.69, 9.17) is 16.3 Å². The maximum absolute atomic E-state index is 12.5. The van der Waals surface area contributed by atoms with Gasteiger partial charge in [-0.05, 0) is 23.8 Å². The summed E-state index contributed by atoms with van der Waals surface area (Å²) in [7, 11) is 0. The van der Waals surface area contributed by atoms with Gasteiger partial charge in [-0.15, -0.1) is 12.1 Å². The monoisotopic (exact) mass is 456 g/mol. The summed E-state index contributed by atoms with van der Waals surface area (Å²) in [4.78, 5) is 12.5. The molecule has 0 aliphatic carbocycles. The number of carbonyl (C=O) groups is 1. The van der Waals surface area contributed by atoms with E-state index in [1.807, 2.05) is 84.9 Å². The van der Waals surface area contributed by atoms with Crippen LogP contribution in [0, 0.1) is 0 Å². The zero-order valence-corrected chi connectivity index (χ0v) is 18.1. The fraction of sp³-hybridized carbons (Fsp3) is 0.0385. The number of ether oxygens (including phenoxy) is 1. The first-order valence-corrected chi connectivity index (χ1v) is 9.67. The maximum atomic E-state index is 12.5. The molecular formula is C26H21ClFeO2. The largest absolute Gasteiger partial charge is 2.00 e. The summed E-state index contributed by atoms with van der Waals surface area (Å²) in [5, 5.41) is 0.507. The first-order chi connectivity index (χ1) is 14.2. The van der Waals surface area contributed by atoms with E-state index in [9.17, 15) is 4.79 Å². The van der Waals surface area contributed by atoms with Crippen LogP contribution in [0.4, 0.5) is 0 Å². The zero-order chi connectivity index (χ0) is 20.3. The van der Waals surface area contributed by atoms with E-state index < -0.39 is 0 Å². The van der Waals surface area contributed by atoms with Crippen LogP contribution in [0.25, 0.3) is 6.08 Å². The molecule has 2 nitrogen and oxygen atoms in total. The van der Waals surface area contributed by atoms with E-state index in [2.05, 4.69) is 0 Å². The molecule has 0 bridgehead atoms. The van der Waals surface area contributed by atoms with Crippen molar-refractivity contribution in [2.75, 3.05) is 0 Å². The Balaban J connectivity index is 0.000000468. The molecule has 0 spiro atoms. The summed E-state index contributed by atoms with van der Waals surface area (Å²) in [6.45, 7) is 0.398. The molecule has 0 aromatic heterocycles. The molecule has 0 aliphatic rings. The van der Waals surface area contributed by atoms with Crippen LogP contribution >= 0.6 is 11.6 Å². The van der Waals surface area contributed by atoms with Gasteiger partial charge in [0.2, 0.25) is 0 Å². The van der Waals surface area contributed by atoms with E-state index in [0.29, 0.717) is 22.9 Å². The second-order valence-electron chi connectivity index (χ2n) is 6.29. The van der Waals surface area contributed by atoms with Gasteiger partial charge in [-0.3, -0.25) is 4.79 Å². The van der Waals surface area contributed by atoms with Crippen molar-refractivity contribution >= 4 is 23.5 Å². The van der Waals surface area contributed by atoms with Crippen LogP contribution in [0.1, 0.15) is 21.5 Å². The molecular weight excluding hydrogens is 436 g/mol. The van der Waals surface area contributed by atoms with Crippen molar-refractivity contribution in [2.24, 2.45) is 0 Å². The third-order valence-corrected chi connectivity index (χ3v) is 4.35. The van der Waals surface area contributed by atoms with E-state index in [-0.39, 0.29) is 22.9 Å². The minimum absolute atomic E-state index is 0. The predicted molar refractivity (Wildman–Crippen MR) is 120 cm³/mol. The molecule has 4 aromatic rings. The molecule has 4 heteroatoms. The minimum atomic E-state index is -0.137. The van der Waals surface area contributed by atoms with Gasteiger partial charge in [-0.2, -0.15) is 42.0 Å².